The molecule has 0 aliphatic heterocycles. The first-order valence-corrected chi connectivity index (χ1v) is 6.85. The van der Waals surface area contributed by atoms with Gasteiger partial charge in [0, 0.05) is 0 Å². The van der Waals surface area contributed by atoms with Gasteiger partial charge in [0.1, 0.15) is 0 Å². The smallest absolute Gasteiger partial charge is 0.00487 e. The number of nitrogens with one attached hydrogen (secondary N) is 1. The van der Waals surface area contributed by atoms with Gasteiger partial charge in [-0.2, -0.15) is 0 Å². The standard InChI is InChI=1S/C14H29N/c1-4-11-15-12-5-9-14(2,3)10-8-13-6-7-13/h13,15H,4-12H2,1-3H3. The van der Waals surface area contributed by atoms with Crippen LogP contribution in [0.5, 0.6) is 0 Å². The Hall–Kier alpha value is -0.0400. The molecule has 0 amide bonds. The Morgan fingerprint density at radius 1 is 1.13 bits per heavy atom. The van der Waals surface area contributed by atoms with E-state index in [4.69, 9.17) is 0 Å². The average Bonchev–Trinajstić information content (AvgIpc) is 2.98. The highest BCUT2D eigenvalue weighted by Gasteiger charge is 2.25. The molecule has 0 aromatic carbocycles. The van der Waals surface area contributed by atoms with Crippen LogP contribution >= 0.6 is 0 Å². The van der Waals surface area contributed by atoms with Gasteiger partial charge in [-0.25, -0.2) is 0 Å². The first-order valence-electron chi connectivity index (χ1n) is 6.85. The average molecular weight is 211 g/mol. The van der Waals surface area contributed by atoms with Crippen LogP contribution in [0.2, 0.25) is 0 Å². The van der Waals surface area contributed by atoms with Crippen LogP contribution in [0.25, 0.3) is 0 Å². The lowest BCUT2D eigenvalue weighted by molar-refractivity contribution is 0.283. The predicted octanol–water partition coefficient (Wildman–Crippen LogP) is 3.98. The molecule has 15 heavy (non-hydrogen) atoms. The summed E-state index contributed by atoms with van der Waals surface area (Å²) < 4.78 is 0. The van der Waals surface area contributed by atoms with Gasteiger partial charge < -0.3 is 5.32 Å². The third-order valence-corrected chi connectivity index (χ3v) is 3.56. The first kappa shape index (κ1) is 13.0. The fraction of sp³-hybridized carbons (Fsp3) is 1.00. The van der Waals surface area contributed by atoms with Crippen molar-refractivity contribution < 1.29 is 0 Å². The van der Waals surface area contributed by atoms with Gasteiger partial charge in [0.05, 0.1) is 0 Å². The molecule has 0 aromatic heterocycles. The highest BCUT2D eigenvalue weighted by Crippen LogP contribution is 2.38. The number of hydrogen-bond acceptors (Lipinski definition) is 1. The van der Waals surface area contributed by atoms with Gasteiger partial charge in [-0.15, -0.1) is 0 Å². The minimum atomic E-state index is 0.580. The third-order valence-electron chi connectivity index (χ3n) is 3.56. The van der Waals surface area contributed by atoms with E-state index in [1.807, 2.05) is 0 Å². The molecule has 0 atom stereocenters. The van der Waals surface area contributed by atoms with E-state index in [-0.39, 0.29) is 0 Å². The summed E-state index contributed by atoms with van der Waals surface area (Å²) in [4.78, 5) is 0. The van der Waals surface area contributed by atoms with E-state index in [1.165, 1.54) is 58.0 Å². The lowest BCUT2D eigenvalue weighted by Crippen LogP contribution is -2.19. The summed E-state index contributed by atoms with van der Waals surface area (Å²) in [7, 11) is 0. The Kier molecular flexibility index (Phi) is 5.66. The zero-order chi connectivity index (χ0) is 11.1. The van der Waals surface area contributed by atoms with Crippen LogP contribution in [-0.2, 0) is 0 Å². The molecule has 0 unspecified atom stereocenters. The lowest BCUT2D eigenvalue weighted by atomic mass is 9.82. The first-order chi connectivity index (χ1) is 7.14. The Bertz CT molecular complexity index is 159. The fourth-order valence-electron chi connectivity index (χ4n) is 2.12. The van der Waals surface area contributed by atoms with E-state index >= 15 is 0 Å². The minimum Gasteiger partial charge on any atom is -0.317 e. The highest BCUT2D eigenvalue weighted by molar-refractivity contribution is 4.77. The van der Waals surface area contributed by atoms with Crippen molar-refractivity contribution in [3.63, 3.8) is 0 Å². The summed E-state index contributed by atoms with van der Waals surface area (Å²) in [6.07, 6.45) is 9.92. The van der Waals surface area contributed by atoms with Crippen molar-refractivity contribution in [1.82, 2.24) is 5.32 Å². The molecular formula is C14H29N. The van der Waals surface area contributed by atoms with Crippen molar-refractivity contribution in [2.24, 2.45) is 11.3 Å². The molecule has 1 fully saturated rings. The molecule has 0 aromatic rings. The van der Waals surface area contributed by atoms with Crippen molar-refractivity contribution in [2.75, 3.05) is 13.1 Å². The van der Waals surface area contributed by atoms with Gasteiger partial charge in [0.15, 0.2) is 0 Å². The Labute approximate surface area is 96.0 Å². The summed E-state index contributed by atoms with van der Waals surface area (Å²) in [5.41, 5.74) is 0.580. The SMILES string of the molecule is CCCNCCCC(C)(C)CCC1CC1. The van der Waals surface area contributed by atoms with Crippen LogP contribution in [0.4, 0.5) is 0 Å². The van der Waals surface area contributed by atoms with Gasteiger partial charge in [-0.05, 0) is 56.5 Å². The Morgan fingerprint density at radius 2 is 1.87 bits per heavy atom. The zero-order valence-electron chi connectivity index (χ0n) is 10.9. The number of hydrogen-bond donors (Lipinski definition) is 1. The molecule has 1 saturated carbocycles. The molecule has 0 saturated heterocycles. The lowest BCUT2D eigenvalue weighted by Gasteiger charge is -2.24. The summed E-state index contributed by atoms with van der Waals surface area (Å²) >= 11 is 0. The monoisotopic (exact) mass is 211 g/mol. The van der Waals surface area contributed by atoms with Crippen LogP contribution < -0.4 is 5.32 Å². The van der Waals surface area contributed by atoms with Crippen molar-refractivity contribution in [1.29, 1.82) is 0 Å². The maximum Gasteiger partial charge on any atom is -0.00487 e. The van der Waals surface area contributed by atoms with E-state index in [0.717, 1.165) is 5.92 Å². The normalized spacial score (nSPS) is 17.0. The largest absolute Gasteiger partial charge is 0.317 e. The summed E-state index contributed by atoms with van der Waals surface area (Å²) in [5.74, 6) is 1.10. The van der Waals surface area contributed by atoms with Crippen LogP contribution in [0.3, 0.4) is 0 Å². The zero-order valence-corrected chi connectivity index (χ0v) is 10.9. The van der Waals surface area contributed by atoms with Crippen LogP contribution in [0.1, 0.15) is 65.7 Å². The van der Waals surface area contributed by atoms with Crippen molar-refractivity contribution in [3.05, 3.63) is 0 Å². The molecule has 1 aliphatic carbocycles. The van der Waals surface area contributed by atoms with E-state index in [1.54, 1.807) is 0 Å². The Morgan fingerprint density at radius 3 is 2.47 bits per heavy atom. The molecule has 1 nitrogen and oxygen atoms in total. The molecule has 90 valence electrons. The second-order valence-electron chi connectivity index (χ2n) is 6.00. The quantitative estimate of drug-likeness (QED) is 0.569. The van der Waals surface area contributed by atoms with Gasteiger partial charge in [-0.1, -0.05) is 33.6 Å². The van der Waals surface area contributed by atoms with Crippen molar-refractivity contribution in [3.8, 4) is 0 Å². The third kappa shape index (κ3) is 6.94. The molecule has 0 bridgehead atoms. The summed E-state index contributed by atoms with van der Waals surface area (Å²) in [5, 5.41) is 3.48. The fourth-order valence-corrected chi connectivity index (χ4v) is 2.12. The number of rotatable bonds is 9. The summed E-state index contributed by atoms with van der Waals surface area (Å²) in [6.45, 7) is 9.50. The van der Waals surface area contributed by atoms with E-state index in [2.05, 4.69) is 26.1 Å². The van der Waals surface area contributed by atoms with Gasteiger partial charge >= 0.3 is 0 Å². The van der Waals surface area contributed by atoms with Gasteiger partial charge in [0.25, 0.3) is 0 Å². The minimum absolute atomic E-state index is 0.580. The van der Waals surface area contributed by atoms with E-state index in [9.17, 15) is 0 Å². The molecule has 1 N–H and O–H groups in total. The molecule has 0 spiro atoms. The van der Waals surface area contributed by atoms with Crippen molar-refractivity contribution >= 4 is 0 Å². The van der Waals surface area contributed by atoms with Crippen LogP contribution in [-0.4, -0.2) is 13.1 Å². The van der Waals surface area contributed by atoms with Gasteiger partial charge in [-0.3, -0.25) is 0 Å². The van der Waals surface area contributed by atoms with Crippen LogP contribution in [0.15, 0.2) is 0 Å². The molecule has 1 aliphatic rings. The van der Waals surface area contributed by atoms with Gasteiger partial charge in [0.2, 0.25) is 0 Å². The molecule has 0 radical (unpaired) electrons. The highest BCUT2D eigenvalue weighted by atomic mass is 14.8. The van der Waals surface area contributed by atoms with E-state index < -0.39 is 0 Å². The molecule has 1 rings (SSSR count). The predicted molar refractivity (Wildman–Crippen MR) is 68.1 cm³/mol. The van der Waals surface area contributed by atoms with E-state index in [0.29, 0.717) is 5.41 Å². The second-order valence-corrected chi connectivity index (χ2v) is 6.00. The maximum atomic E-state index is 3.48. The molecule has 1 heteroatoms. The van der Waals surface area contributed by atoms with Crippen LogP contribution in [0, 0.1) is 11.3 Å². The second kappa shape index (κ2) is 6.52. The maximum absolute atomic E-state index is 3.48. The molecule has 0 heterocycles. The Balaban J connectivity index is 1.95. The topological polar surface area (TPSA) is 12.0 Å². The van der Waals surface area contributed by atoms with Crippen molar-refractivity contribution in [2.45, 2.75) is 65.7 Å². The summed E-state index contributed by atoms with van der Waals surface area (Å²) in [6, 6.07) is 0. The molecular weight excluding hydrogens is 182 g/mol.